The summed E-state index contributed by atoms with van der Waals surface area (Å²) in [6.07, 6.45) is 0. The van der Waals surface area contributed by atoms with Gasteiger partial charge in [-0.25, -0.2) is 0 Å². The Morgan fingerprint density at radius 1 is 1.00 bits per heavy atom. The van der Waals surface area contributed by atoms with E-state index >= 15 is 0 Å². The largest absolute Gasteiger partial charge is 0.496 e. The van der Waals surface area contributed by atoms with Crippen molar-refractivity contribution >= 4 is 10.8 Å². The number of hydrogen-bond acceptors (Lipinski definition) is 1. The van der Waals surface area contributed by atoms with Gasteiger partial charge in [-0.2, -0.15) is 0 Å². The van der Waals surface area contributed by atoms with Crippen LogP contribution in [0.1, 0.15) is 19.4 Å². The van der Waals surface area contributed by atoms with Gasteiger partial charge in [0.1, 0.15) is 5.75 Å². The summed E-state index contributed by atoms with van der Waals surface area (Å²) in [5.41, 5.74) is 1.28. The van der Waals surface area contributed by atoms with E-state index in [2.05, 4.69) is 31.2 Å². The Balaban J connectivity index is 0.000000531. The Bertz CT molecular complexity index is 432. The smallest absolute Gasteiger partial charge is 0.126 e. The van der Waals surface area contributed by atoms with E-state index in [0.717, 1.165) is 5.75 Å². The van der Waals surface area contributed by atoms with Crippen LogP contribution in [0.25, 0.3) is 10.8 Å². The maximum absolute atomic E-state index is 5.27. The Labute approximate surface area is 91.7 Å². The molecule has 0 aliphatic rings. The molecule has 0 saturated heterocycles. The van der Waals surface area contributed by atoms with Gasteiger partial charge in [-0.15, -0.1) is 0 Å². The molecule has 0 N–H and O–H groups in total. The first-order valence-corrected chi connectivity index (χ1v) is 5.34. The first-order valence-electron chi connectivity index (χ1n) is 5.34. The zero-order chi connectivity index (χ0) is 11.3. The summed E-state index contributed by atoms with van der Waals surface area (Å²) in [6, 6.07) is 12.5. The molecule has 0 heterocycles. The SMILES string of the molecule is CC.COc1cccc2cc(C)ccc12. The number of aryl methyl sites for hydroxylation is 1. The third-order valence-corrected chi connectivity index (χ3v) is 2.22. The molecule has 1 heteroatoms. The lowest BCUT2D eigenvalue weighted by Crippen LogP contribution is -1.84. The number of hydrogen-bond donors (Lipinski definition) is 0. The molecule has 0 radical (unpaired) electrons. The fourth-order valence-corrected chi connectivity index (χ4v) is 1.55. The van der Waals surface area contributed by atoms with E-state index in [1.807, 2.05) is 26.0 Å². The second kappa shape index (κ2) is 5.40. The van der Waals surface area contributed by atoms with Crippen LogP contribution >= 0.6 is 0 Å². The maximum atomic E-state index is 5.27. The number of ether oxygens (including phenoxy) is 1. The Hall–Kier alpha value is -1.50. The minimum Gasteiger partial charge on any atom is -0.496 e. The number of methoxy groups -OCH3 is 1. The lowest BCUT2D eigenvalue weighted by atomic mass is 10.1. The predicted molar refractivity (Wildman–Crippen MR) is 66.6 cm³/mol. The highest BCUT2D eigenvalue weighted by atomic mass is 16.5. The van der Waals surface area contributed by atoms with Crippen LogP contribution in [-0.2, 0) is 0 Å². The van der Waals surface area contributed by atoms with Gasteiger partial charge in [0.2, 0.25) is 0 Å². The average molecular weight is 202 g/mol. The molecule has 2 aromatic carbocycles. The highest BCUT2D eigenvalue weighted by Gasteiger charge is 1.99. The minimum atomic E-state index is 0.942. The van der Waals surface area contributed by atoms with Gasteiger partial charge in [-0.3, -0.25) is 0 Å². The molecule has 0 spiro atoms. The summed E-state index contributed by atoms with van der Waals surface area (Å²) in [5.74, 6) is 0.942. The van der Waals surface area contributed by atoms with E-state index in [9.17, 15) is 0 Å². The summed E-state index contributed by atoms with van der Waals surface area (Å²) in [6.45, 7) is 6.10. The van der Waals surface area contributed by atoms with Gasteiger partial charge in [0.25, 0.3) is 0 Å². The Morgan fingerprint density at radius 3 is 2.40 bits per heavy atom. The third kappa shape index (κ3) is 2.50. The molecule has 0 bridgehead atoms. The van der Waals surface area contributed by atoms with Gasteiger partial charge < -0.3 is 4.74 Å². The monoisotopic (exact) mass is 202 g/mol. The van der Waals surface area contributed by atoms with Crippen LogP contribution in [0.5, 0.6) is 5.75 Å². The van der Waals surface area contributed by atoms with Crippen molar-refractivity contribution in [3.8, 4) is 5.75 Å². The first-order chi connectivity index (χ1) is 7.31. The molecule has 0 aromatic heterocycles. The Morgan fingerprint density at radius 2 is 1.73 bits per heavy atom. The van der Waals surface area contributed by atoms with Crippen LogP contribution < -0.4 is 4.74 Å². The molecular weight excluding hydrogens is 184 g/mol. The Kier molecular flexibility index (Phi) is 4.17. The zero-order valence-corrected chi connectivity index (χ0v) is 9.87. The topological polar surface area (TPSA) is 9.23 Å². The zero-order valence-electron chi connectivity index (χ0n) is 9.87. The molecule has 0 aliphatic carbocycles. The number of benzene rings is 2. The second-order valence-corrected chi connectivity index (χ2v) is 3.18. The van der Waals surface area contributed by atoms with Crippen molar-refractivity contribution in [2.24, 2.45) is 0 Å². The molecule has 0 unspecified atom stereocenters. The molecule has 0 atom stereocenters. The molecule has 0 saturated carbocycles. The highest BCUT2D eigenvalue weighted by Crippen LogP contribution is 2.25. The summed E-state index contributed by atoms with van der Waals surface area (Å²) in [7, 11) is 1.70. The van der Waals surface area contributed by atoms with Crippen LogP contribution in [0.15, 0.2) is 36.4 Å². The van der Waals surface area contributed by atoms with Crippen LogP contribution in [-0.4, -0.2) is 7.11 Å². The van der Waals surface area contributed by atoms with Gasteiger partial charge in [0.05, 0.1) is 7.11 Å². The molecule has 15 heavy (non-hydrogen) atoms. The lowest BCUT2D eigenvalue weighted by Gasteiger charge is -2.05. The fraction of sp³-hybridized carbons (Fsp3) is 0.286. The fourth-order valence-electron chi connectivity index (χ4n) is 1.55. The number of fused-ring (bicyclic) bond motifs is 1. The van der Waals surface area contributed by atoms with Gasteiger partial charge >= 0.3 is 0 Å². The minimum absolute atomic E-state index is 0.942. The van der Waals surface area contributed by atoms with Crippen molar-refractivity contribution in [3.05, 3.63) is 42.0 Å². The quantitative estimate of drug-likeness (QED) is 0.674. The van der Waals surface area contributed by atoms with Crippen molar-refractivity contribution in [3.63, 3.8) is 0 Å². The van der Waals surface area contributed by atoms with Gasteiger partial charge in [0, 0.05) is 5.39 Å². The molecule has 1 nitrogen and oxygen atoms in total. The van der Waals surface area contributed by atoms with Crippen LogP contribution in [0.4, 0.5) is 0 Å². The lowest BCUT2D eigenvalue weighted by molar-refractivity contribution is 0.420. The van der Waals surface area contributed by atoms with E-state index < -0.39 is 0 Å². The van der Waals surface area contributed by atoms with Crippen molar-refractivity contribution in [2.75, 3.05) is 7.11 Å². The highest BCUT2D eigenvalue weighted by molar-refractivity contribution is 5.88. The molecule has 80 valence electrons. The molecule has 0 fully saturated rings. The average Bonchev–Trinajstić information content (AvgIpc) is 2.30. The molecule has 2 rings (SSSR count). The molecular formula is C14H18O. The van der Waals surface area contributed by atoms with Crippen LogP contribution in [0.2, 0.25) is 0 Å². The molecule has 0 aliphatic heterocycles. The summed E-state index contributed by atoms with van der Waals surface area (Å²) < 4.78 is 5.27. The van der Waals surface area contributed by atoms with Crippen molar-refractivity contribution < 1.29 is 4.74 Å². The molecule has 2 aromatic rings. The summed E-state index contributed by atoms with van der Waals surface area (Å²) >= 11 is 0. The summed E-state index contributed by atoms with van der Waals surface area (Å²) in [5, 5.41) is 2.41. The van der Waals surface area contributed by atoms with Crippen molar-refractivity contribution in [2.45, 2.75) is 20.8 Å². The van der Waals surface area contributed by atoms with Crippen LogP contribution in [0.3, 0.4) is 0 Å². The van der Waals surface area contributed by atoms with E-state index in [1.165, 1.54) is 16.3 Å². The van der Waals surface area contributed by atoms with E-state index in [-0.39, 0.29) is 0 Å². The van der Waals surface area contributed by atoms with Crippen molar-refractivity contribution in [1.29, 1.82) is 0 Å². The van der Waals surface area contributed by atoms with E-state index in [1.54, 1.807) is 7.11 Å². The predicted octanol–water partition coefficient (Wildman–Crippen LogP) is 4.18. The van der Waals surface area contributed by atoms with Gasteiger partial charge in [-0.1, -0.05) is 49.7 Å². The maximum Gasteiger partial charge on any atom is 0.126 e. The van der Waals surface area contributed by atoms with E-state index in [4.69, 9.17) is 4.74 Å². The normalized spacial score (nSPS) is 9.33. The third-order valence-electron chi connectivity index (χ3n) is 2.22. The van der Waals surface area contributed by atoms with Crippen molar-refractivity contribution in [1.82, 2.24) is 0 Å². The molecule has 0 amide bonds. The van der Waals surface area contributed by atoms with E-state index in [0.29, 0.717) is 0 Å². The van der Waals surface area contributed by atoms with Gasteiger partial charge in [-0.05, 0) is 18.4 Å². The summed E-state index contributed by atoms with van der Waals surface area (Å²) in [4.78, 5) is 0. The standard InChI is InChI=1S/C12H12O.C2H6/c1-9-6-7-11-10(8-9)4-3-5-12(11)13-2;1-2/h3-8H,1-2H3;1-2H3. The number of rotatable bonds is 1. The first kappa shape index (κ1) is 11.6. The van der Waals surface area contributed by atoms with Crippen LogP contribution in [0, 0.1) is 6.92 Å². The second-order valence-electron chi connectivity index (χ2n) is 3.18. The van der Waals surface area contributed by atoms with Gasteiger partial charge in [0.15, 0.2) is 0 Å².